The van der Waals surface area contributed by atoms with Gasteiger partial charge in [-0.05, 0) is 42.5 Å². The first-order valence-corrected chi connectivity index (χ1v) is 11.5. The van der Waals surface area contributed by atoms with Crippen LogP contribution in [0.3, 0.4) is 0 Å². The van der Waals surface area contributed by atoms with E-state index in [2.05, 4.69) is 20.3 Å². The van der Waals surface area contributed by atoms with E-state index in [1.165, 1.54) is 12.1 Å². The molecule has 0 radical (unpaired) electrons. The van der Waals surface area contributed by atoms with E-state index in [1.54, 1.807) is 24.3 Å². The van der Waals surface area contributed by atoms with Crippen molar-refractivity contribution in [3.05, 3.63) is 60.1 Å². The minimum atomic E-state index is -3.66. The summed E-state index contributed by atoms with van der Waals surface area (Å²) in [6.07, 6.45) is 0.937. The zero-order valence-electron chi connectivity index (χ0n) is 17.4. The summed E-state index contributed by atoms with van der Waals surface area (Å²) in [5.74, 6) is 1.19. The highest BCUT2D eigenvalue weighted by Crippen LogP contribution is 2.24. The number of hydrogen-bond acceptors (Lipinski definition) is 9. The average Bonchev–Trinajstić information content (AvgIpc) is 3.42. The van der Waals surface area contributed by atoms with Crippen LogP contribution in [0.25, 0.3) is 22.8 Å². The third-order valence-electron chi connectivity index (χ3n) is 4.47. The second kappa shape index (κ2) is 8.50. The SMILES string of the molecule is CC(C)c1nc(-c2ccc(OCc3nc(-c4ccc(S(C)(=O)=O)c(F)c4)no3)cc2)no1. The first-order chi connectivity index (χ1) is 15.2. The standard InChI is InChI=1S/C21H19FN4O5S/c1-12(2)21-24-19(26-31-21)13-4-7-15(8-5-13)29-11-18-23-20(25-30-18)14-6-9-17(16(22)10-14)32(3,27)28/h4-10,12H,11H2,1-3H3. The van der Waals surface area contributed by atoms with E-state index in [0.29, 0.717) is 17.5 Å². The monoisotopic (exact) mass is 458 g/mol. The number of hydrogen-bond donors (Lipinski definition) is 0. The van der Waals surface area contributed by atoms with E-state index in [0.717, 1.165) is 17.9 Å². The molecule has 2 aromatic carbocycles. The molecular weight excluding hydrogens is 439 g/mol. The summed E-state index contributed by atoms with van der Waals surface area (Å²) < 4.78 is 53.2. The third kappa shape index (κ3) is 4.67. The molecular formula is C21H19FN4O5S. The van der Waals surface area contributed by atoms with Gasteiger partial charge in [0, 0.05) is 23.3 Å². The molecule has 0 saturated heterocycles. The number of sulfone groups is 1. The maximum atomic E-state index is 14.1. The van der Waals surface area contributed by atoms with Gasteiger partial charge in [-0.3, -0.25) is 0 Å². The first kappa shape index (κ1) is 21.6. The summed E-state index contributed by atoms with van der Waals surface area (Å²) in [4.78, 5) is 8.12. The van der Waals surface area contributed by atoms with Crippen molar-refractivity contribution in [1.29, 1.82) is 0 Å². The van der Waals surface area contributed by atoms with E-state index >= 15 is 0 Å². The number of nitrogens with zero attached hydrogens (tertiary/aromatic N) is 4. The summed E-state index contributed by atoms with van der Waals surface area (Å²) in [5, 5.41) is 7.76. The van der Waals surface area contributed by atoms with Gasteiger partial charge in [0.05, 0.1) is 0 Å². The Bertz CT molecular complexity index is 1350. The van der Waals surface area contributed by atoms with Gasteiger partial charge in [0.15, 0.2) is 16.4 Å². The van der Waals surface area contributed by atoms with Gasteiger partial charge in [-0.2, -0.15) is 9.97 Å². The lowest BCUT2D eigenvalue weighted by Gasteiger charge is -2.03. The molecule has 2 heterocycles. The summed E-state index contributed by atoms with van der Waals surface area (Å²) in [6, 6.07) is 10.7. The molecule has 32 heavy (non-hydrogen) atoms. The van der Waals surface area contributed by atoms with Crippen LogP contribution < -0.4 is 4.74 Å². The molecule has 4 rings (SSSR count). The maximum Gasteiger partial charge on any atom is 0.264 e. The van der Waals surface area contributed by atoms with Gasteiger partial charge in [0.2, 0.25) is 17.5 Å². The van der Waals surface area contributed by atoms with Gasteiger partial charge in [0.25, 0.3) is 5.89 Å². The van der Waals surface area contributed by atoms with Gasteiger partial charge in [0.1, 0.15) is 16.5 Å². The molecule has 2 aromatic heterocycles. The van der Waals surface area contributed by atoms with Crippen LogP contribution in [0.2, 0.25) is 0 Å². The molecule has 0 aliphatic heterocycles. The Hall–Kier alpha value is -3.60. The van der Waals surface area contributed by atoms with E-state index in [9.17, 15) is 12.8 Å². The largest absolute Gasteiger partial charge is 0.484 e. The molecule has 0 aliphatic carbocycles. The minimum Gasteiger partial charge on any atom is -0.484 e. The van der Waals surface area contributed by atoms with E-state index < -0.39 is 20.5 Å². The molecule has 0 spiro atoms. The highest BCUT2D eigenvalue weighted by molar-refractivity contribution is 7.90. The van der Waals surface area contributed by atoms with Crippen LogP contribution in [-0.4, -0.2) is 35.0 Å². The molecule has 9 nitrogen and oxygen atoms in total. The predicted molar refractivity (Wildman–Crippen MR) is 111 cm³/mol. The van der Waals surface area contributed by atoms with Crippen molar-refractivity contribution in [3.63, 3.8) is 0 Å². The van der Waals surface area contributed by atoms with Gasteiger partial charge < -0.3 is 13.8 Å². The Labute approximate surface area is 183 Å². The Kier molecular flexibility index (Phi) is 5.74. The Morgan fingerprint density at radius 1 is 0.969 bits per heavy atom. The van der Waals surface area contributed by atoms with E-state index in [1.807, 2.05) is 13.8 Å². The lowest BCUT2D eigenvalue weighted by molar-refractivity contribution is 0.243. The molecule has 0 unspecified atom stereocenters. The van der Waals surface area contributed by atoms with Crippen LogP contribution in [0.15, 0.2) is 56.4 Å². The van der Waals surface area contributed by atoms with Crippen LogP contribution in [-0.2, 0) is 16.4 Å². The second-order valence-corrected chi connectivity index (χ2v) is 9.34. The Balaban J connectivity index is 1.41. The van der Waals surface area contributed by atoms with Gasteiger partial charge in [-0.25, -0.2) is 12.8 Å². The molecule has 0 amide bonds. The molecule has 4 aromatic rings. The lowest BCUT2D eigenvalue weighted by Crippen LogP contribution is -2.01. The molecule has 0 atom stereocenters. The first-order valence-electron chi connectivity index (χ1n) is 9.60. The number of ether oxygens (including phenoxy) is 1. The van der Waals surface area contributed by atoms with Gasteiger partial charge in [-0.1, -0.05) is 24.2 Å². The van der Waals surface area contributed by atoms with Gasteiger partial charge >= 0.3 is 0 Å². The third-order valence-corrected chi connectivity index (χ3v) is 5.60. The zero-order chi connectivity index (χ0) is 22.9. The molecule has 11 heteroatoms. The van der Waals surface area contributed by atoms with Crippen LogP contribution in [0.5, 0.6) is 5.75 Å². The van der Waals surface area contributed by atoms with Crippen LogP contribution in [0.1, 0.15) is 31.5 Å². The molecule has 0 bridgehead atoms. The molecule has 0 aliphatic rings. The topological polar surface area (TPSA) is 121 Å². The van der Waals surface area contributed by atoms with E-state index in [-0.39, 0.29) is 29.8 Å². The fourth-order valence-electron chi connectivity index (χ4n) is 2.80. The zero-order valence-corrected chi connectivity index (χ0v) is 18.3. The highest BCUT2D eigenvalue weighted by Gasteiger charge is 2.17. The van der Waals surface area contributed by atoms with Gasteiger partial charge in [-0.15, -0.1) is 0 Å². The molecule has 0 fully saturated rings. The number of rotatable bonds is 7. The number of aromatic nitrogens is 4. The number of benzene rings is 2. The fourth-order valence-corrected chi connectivity index (χ4v) is 3.53. The van der Waals surface area contributed by atoms with Crippen molar-refractivity contribution in [2.45, 2.75) is 31.3 Å². The van der Waals surface area contributed by atoms with Crippen molar-refractivity contribution in [3.8, 4) is 28.5 Å². The lowest BCUT2D eigenvalue weighted by atomic mass is 10.2. The van der Waals surface area contributed by atoms with Crippen molar-refractivity contribution in [2.75, 3.05) is 6.26 Å². The van der Waals surface area contributed by atoms with Crippen molar-refractivity contribution in [1.82, 2.24) is 20.3 Å². The summed E-state index contributed by atoms with van der Waals surface area (Å²) in [6.45, 7) is 3.94. The van der Waals surface area contributed by atoms with Crippen LogP contribution >= 0.6 is 0 Å². The van der Waals surface area contributed by atoms with Crippen LogP contribution in [0, 0.1) is 5.82 Å². The highest BCUT2D eigenvalue weighted by atomic mass is 32.2. The fraction of sp³-hybridized carbons (Fsp3) is 0.238. The molecule has 166 valence electrons. The normalized spacial score (nSPS) is 11.8. The van der Waals surface area contributed by atoms with E-state index in [4.69, 9.17) is 13.8 Å². The Morgan fingerprint density at radius 2 is 1.62 bits per heavy atom. The smallest absolute Gasteiger partial charge is 0.264 e. The molecule has 0 N–H and O–H groups in total. The maximum absolute atomic E-state index is 14.1. The number of halogens is 1. The summed E-state index contributed by atoms with van der Waals surface area (Å²) in [5.41, 5.74) is 1.07. The van der Waals surface area contributed by atoms with Crippen molar-refractivity contribution >= 4 is 9.84 Å². The summed E-state index contributed by atoms with van der Waals surface area (Å²) >= 11 is 0. The van der Waals surface area contributed by atoms with Crippen LogP contribution in [0.4, 0.5) is 4.39 Å². The van der Waals surface area contributed by atoms with Crippen molar-refractivity contribution in [2.24, 2.45) is 0 Å². The summed E-state index contributed by atoms with van der Waals surface area (Å²) in [7, 11) is -3.66. The second-order valence-electron chi connectivity index (χ2n) is 7.35. The Morgan fingerprint density at radius 3 is 2.25 bits per heavy atom. The minimum absolute atomic E-state index is 0.00401. The average molecular weight is 458 g/mol. The molecule has 0 saturated carbocycles. The quantitative estimate of drug-likeness (QED) is 0.404. The predicted octanol–water partition coefficient (Wildman–Crippen LogP) is 4.03. The van der Waals surface area contributed by atoms with Crippen molar-refractivity contribution < 1.29 is 26.6 Å².